The van der Waals surface area contributed by atoms with Crippen LogP contribution in [0.5, 0.6) is 0 Å². The lowest BCUT2D eigenvalue weighted by molar-refractivity contribution is -0.137. The van der Waals surface area contributed by atoms with E-state index >= 15 is 0 Å². The predicted octanol–water partition coefficient (Wildman–Crippen LogP) is 2.15. The van der Waals surface area contributed by atoms with Crippen molar-refractivity contribution < 1.29 is 14.7 Å². The third kappa shape index (κ3) is 6.89. The lowest BCUT2D eigenvalue weighted by atomic mass is 9.76. The van der Waals surface area contributed by atoms with Crippen molar-refractivity contribution in [2.45, 2.75) is 65.8 Å². The fraction of sp³-hybridized carbons (Fsp3) is 0.867. The van der Waals surface area contributed by atoms with E-state index < -0.39 is 11.5 Å². The minimum Gasteiger partial charge on any atom is -0.481 e. The normalized spacial score (nSPS) is 16.3. The van der Waals surface area contributed by atoms with Gasteiger partial charge in [0.1, 0.15) is 0 Å². The average molecular weight is 286 g/mol. The molecule has 0 saturated heterocycles. The van der Waals surface area contributed by atoms with E-state index in [-0.39, 0.29) is 23.7 Å². The van der Waals surface area contributed by atoms with Gasteiger partial charge in [0.25, 0.3) is 0 Å². The van der Waals surface area contributed by atoms with E-state index in [4.69, 9.17) is 10.8 Å². The van der Waals surface area contributed by atoms with E-state index in [0.29, 0.717) is 19.4 Å². The molecule has 118 valence electrons. The highest BCUT2D eigenvalue weighted by Crippen LogP contribution is 2.32. The van der Waals surface area contributed by atoms with E-state index in [1.165, 1.54) is 0 Å². The molecule has 0 rings (SSSR count). The van der Waals surface area contributed by atoms with Crippen molar-refractivity contribution in [3.63, 3.8) is 0 Å². The van der Waals surface area contributed by atoms with Crippen LogP contribution >= 0.6 is 0 Å². The number of nitrogens with two attached hydrogens (primary N) is 1. The molecule has 0 radical (unpaired) electrons. The van der Waals surface area contributed by atoms with Crippen LogP contribution in [0, 0.1) is 11.3 Å². The molecule has 0 aliphatic rings. The summed E-state index contributed by atoms with van der Waals surface area (Å²) in [5.74, 6) is -0.667. The number of amides is 1. The number of carbonyl (C=O) groups is 2. The summed E-state index contributed by atoms with van der Waals surface area (Å²) in [5.41, 5.74) is 5.06. The number of nitrogens with one attached hydrogen (secondary N) is 1. The van der Waals surface area contributed by atoms with Gasteiger partial charge in [-0.05, 0) is 37.5 Å². The maximum absolute atomic E-state index is 11.9. The van der Waals surface area contributed by atoms with E-state index in [0.717, 1.165) is 6.42 Å². The summed E-state index contributed by atoms with van der Waals surface area (Å²) in [4.78, 5) is 22.6. The van der Waals surface area contributed by atoms with E-state index in [1.807, 2.05) is 6.92 Å². The monoisotopic (exact) mass is 286 g/mol. The Morgan fingerprint density at radius 3 is 2.15 bits per heavy atom. The zero-order valence-corrected chi connectivity index (χ0v) is 13.5. The Hall–Kier alpha value is -1.10. The number of carboxylic acid groups (broad SMARTS) is 1. The largest absolute Gasteiger partial charge is 0.481 e. The molecule has 0 aliphatic carbocycles. The molecule has 0 aromatic carbocycles. The maximum atomic E-state index is 11.9. The predicted molar refractivity (Wildman–Crippen MR) is 80.3 cm³/mol. The first-order chi connectivity index (χ1) is 9.00. The van der Waals surface area contributed by atoms with Crippen LogP contribution in [-0.2, 0) is 9.59 Å². The van der Waals surface area contributed by atoms with Gasteiger partial charge < -0.3 is 16.2 Å². The maximum Gasteiger partial charge on any atom is 0.303 e. The minimum atomic E-state index is -0.835. The van der Waals surface area contributed by atoms with Crippen molar-refractivity contribution in [3.8, 4) is 0 Å². The molecule has 2 atom stereocenters. The van der Waals surface area contributed by atoms with Crippen LogP contribution < -0.4 is 11.1 Å². The van der Waals surface area contributed by atoms with Crippen molar-refractivity contribution in [1.82, 2.24) is 5.32 Å². The Morgan fingerprint density at radius 1 is 1.20 bits per heavy atom. The first-order valence-electron chi connectivity index (χ1n) is 7.29. The van der Waals surface area contributed by atoms with Gasteiger partial charge in [0.2, 0.25) is 5.91 Å². The topological polar surface area (TPSA) is 92.4 Å². The quantitative estimate of drug-likeness (QED) is 0.637. The zero-order valence-electron chi connectivity index (χ0n) is 13.5. The summed E-state index contributed by atoms with van der Waals surface area (Å²) in [6.45, 7) is 10.4. The molecular weight excluding hydrogens is 256 g/mol. The lowest BCUT2D eigenvalue weighted by Gasteiger charge is -2.31. The zero-order chi connectivity index (χ0) is 16.0. The van der Waals surface area contributed by atoms with Crippen molar-refractivity contribution in [2.75, 3.05) is 6.54 Å². The van der Waals surface area contributed by atoms with Crippen LogP contribution in [0.4, 0.5) is 0 Å². The van der Waals surface area contributed by atoms with Crippen LogP contribution in [0.25, 0.3) is 0 Å². The smallest absolute Gasteiger partial charge is 0.303 e. The van der Waals surface area contributed by atoms with Gasteiger partial charge in [0.05, 0.1) is 5.54 Å². The Morgan fingerprint density at radius 2 is 1.75 bits per heavy atom. The Labute approximate surface area is 122 Å². The Balaban J connectivity index is 4.35. The Bertz CT molecular complexity index is 333. The number of rotatable bonds is 8. The molecule has 5 heteroatoms. The fourth-order valence-electron chi connectivity index (χ4n) is 2.03. The Kier molecular flexibility index (Phi) is 7.20. The summed E-state index contributed by atoms with van der Waals surface area (Å²) in [6.07, 6.45) is 2.14. The van der Waals surface area contributed by atoms with Crippen LogP contribution in [0.15, 0.2) is 0 Å². The van der Waals surface area contributed by atoms with Gasteiger partial charge in [-0.2, -0.15) is 0 Å². The molecule has 1 amide bonds. The summed E-state index contributed by atoms with van der Waals surface area (Å²) in [5, 5.41) is 11.6. The molecule has 0 fully saturated rings. The van der Waals surface area contributed by atoms with Crippen molar-refractivity contribution in [3.05, 3.63) is 0 Å². The van der Waals surface area contributed by atoms with E-state index in [9.17, 15) is 9.59 Å². The lowest BCUT2D eigenvalue weighted by Crippen LogP contribution is -2.51. The highest BCUT2D eigenvalue weighted by molar-refractivity contribution is 5.85. The van der Waals surface area contributed by atoms with Gasteiger partial charge in [-0.15, -0.1) is 0 Å². The van der Waals surface area contributed by atoms with Crippen molar-refractivity contribution in [2.24, 2.45) is 17.1 Å². The summed E-state index contributed by atoms with van der Waals surface area (Å²) < 4.78 is 0. The van der Waals surface area contributed by atoms with Gasteiger partial charge in [0, 0.05) is 13.0 Å². The number of aliphatic carboxylic acids is 1. The number of carboxylic acids is 1. The van der Waals surface area contributed by atoms with Gasteiger partial charge in [-0.25, -0.2) is 0 Å². The highest BCUT2D eigenvalue weighted by Gasteiger charge is 2.28. The van der Waals surface area contributed by atoms with Crippen molar-refractivity contribution in [1.29, 1.82) is 0 Å². The average Bonchev–Trinajstić information content (AvgIpc) is 2.31. The summed E-state index contributed by atoms with van der Waals surface area (Å²) >= 11 is 0. The molecule has 20 heavy (non-hydrogen) atoms. The number of hydrogen-bond donors (Lipinski definition) is 3. The molecule has 0 bridgehead atoms. The van der Waals surface area contributed by atoms with Crippen molar-refractivity contribution >= 4 is 11.9 Å². The van der Waals surface area contributed by atoms with Crippen LogP contribution in [0.1, 0.15) is 60.3 Å². The second-order valence-electron chi connectivity index (χ2n) is 6.81. The molecule has 5 nitrogen and oxygen atoms in total. The number of carbonyl (C=O) groups excluding carboxylic acids is 1. The minimum absolute atomic E-state index is 0.0248. The molecule has 0 saturated carbocycles. The second-order valence-corrected chi connectivity index (χ2v) is 6.81. The molecule has 0 spiro atoms. The van der Waals surface area contributed by atoms with E-state index in [2.05, 4.69) is 26.1 Å². The molecule has 4 N–H and O–H groups in total. The van der Waals surface area contributed by atoms with Crippen LogP contribution in [-0.4, -0.2) is 29.1 Å². The number of hydrogen-bond acceptors (Lipinski definition) is 3. The molecule has 0 aliphatic heterocycles. The van der Waals surface area contributed by atoms with E-state index in [1.54, 1.807) is 6.92 Å². The van der Waals surface area contributed by atoms with Crippen LogP contribution in [0.2, 0.25) is 0 Å². The molecular formula is C15H30N2O3. The van der Waals surface area contributed by atoms with Crippen LogP contribution in [0.3, 0.4) is 0 Å². The molecule has 0 aromatic heterocycles. The first kappa shape index (κ1) is 18.9. The first-order valence-corrected chi connectivity index (χ1v) is 7.29. The summed E-state index contributed by atoms with van der Waals surface area (Å²) in [7, 11) is 0. The molecule has 0 aromatic rings. The van der Waals surface area contributed by atoms with Gasteiger partial charge >= 0.3 is 5.97 Å². The fourth-order valence-corrected chi connectivity index (χ4v) is 2.03. The van der Waals surface area contributed by atoms with Gasteiger partial charge in [-0.3, -0.25) is 9.59 Å². The van der Waals surface area contributed by atoms with Gasteiger partial charge in [-0.1, -0.05) is 27.7 Å². The van der Waals surface area contributed by atoms with Gasteiger partial charge in [0.15, 0.2) is 0 Å². The third-order valence-electron chi connectivity index (χ3n) is 3.96. The second kappa shape index (κ2) is 7.62. The SMILES string of the molecule is CCC(C)(N)C(=O)NCCC(CCC(=O)O)C(C)(C)C. The molecule has 0 heterocycles. The molecule has 2 unspecified atom stereocenters. The third-order valence-corrected chi connectivity index (χ3v) is 3.96. The standard InChI is InChI=1S/C15H30N2O3/c1-6-15(5,16)13(20)17-10-9-11(14(2,3)4)7-8-12(18)19/h11H,6-10,16H2,1-5H3,(H,17,20)(H,18,19). The highest BCUT2D eigenvalue weighted by atomic mass is 16.4. The summed E-state index contributed by atoms with van der Waals surface area (Å²) in [6, 6.07) is 0.